The van der Waals surface area contributed by atoms with E-state index in [4.69, 9.17) is 5.11 Å². The summed E-state index contributed by atoms with van der Waals surface area (Å²) in [4.78, 5) is 0. The first kappa shape index (κ1) is 8.87. The number of rotatable bonds is 1. The summed E-state index contributed by atoms with van der Waals surface area (Å²) in [6.07, 6.45) is -1.05. The fourth-order valence-electron chi connectivity index (χ4n) is 1.30. The maximum absolute atomic E-state index is 12.7. The summed E-state index contributed by atoms with van der Waals surface area (Å²) in [7, 11) is 0. The van der Waals surface area contributed by atoms with Crippen LogP contribution in [0.4, 0.5) is 8.78 Å². The van der Waals surface area contributed by atoms with Gasteiger partial charge in [-0.2, -0.15) is 0 Å². The third kappa shape index (κ3) is 1.25. The van der Waals surface area contributed by atoms with Crippen LogP contribution in [0.5, 0.6) is 0 Å². The van der Waals surface area contributed by atoms with Gasteiger partial charge in [-0.05, 0) is 13.3 Å². The van der Waals surface area contributed by atoms with Gasteiger partial charge in [0.2, 0.25) is 0 Å². The van der Waals surface area contributed by atoms with Crippen molar-refractivity contribution in [2.24, 2.45) is 0 Å². The Balaban J connectivity index is 2.78. The van der Waals surface area contributed by atoms with Gasteiger partial charge in [0.25, 0.3) is 5.92 Å². The third-order valence-electron chi connectivity index (χ3n) is 2.47. The van der Waals surface area contributed by atoms with Gasteiger partial charge >= 0.3 is 0 Å². The summed E-state index contributed by atoms with van der Waals surface area (Å²) in [6.45, 7) is 2.97. The fourth-order valence-corrected chi connectivity index (χ4v) is 1.30. The van der Waals surface area contributed by atoms with Crippen LogP contribution in [0.25, 0.3) is 0 Å². The first-order valence-corrected chi connectivity index (χ1v) is 3.73. The van der Waals surface area contributed by atoms with Crippen molar-refractivity contribution >= 4 is 0 Å². The molecule has 0 bridgehead atoms. The highest BCUT2D eigenvalue weighted by Gasteiger charge is 2.54. The molecule has 1 aliphatic rings. The molecule has 66 valence electrons. The van der Waals surface area contributed by atoms with Crippen LogP contribution in [0.3, 0.4) is 0 Å². The molecule has 0 aromatic rings. The summed E-state index contributed by atoms with van der Waals surface area (Å²) < 4.78 is 25.4. The first-order chi connectivity index (χ1) is 4.92. The largest absolute Gasteiger partial charge is 0.385 e. The van der Waals surface area contributed by atoms with Gasteiger partial charge in [-0.25, -0.2) is 8.78 Å². The minimum absolute atomic E-state index is 0.418. The monoisotopic (exact) mass is 165 g/mol. The van der Waals surface area contributed by atoms with Crippen LogP contribution in [0.15, 0.2) is 0 Å². The lowest BCUT2D eigenvalue weighted by atomic mass is 9.93. The summed E-state index contributed by atoms with van der Waals surface area (Å²) in [6, 6.07) is 0. The quantitative estimate of drug-likeness (QED) is 0.601. The molecule has 1 heterocycles. The third-order valence-corrected chi connectivity index (χ3v) is 2.47. The number of aliphatic hydroxyl groups excluding tert-OH is 1. The highest BCUT2D eigenvalue weighted by atomic mass is 19.3. The number of aliphatic hydroxyl groups is 1. The zero-order valence-corrected chi connectivity index (χ0v) is 6.69. The Morgan fingerprint density at radius 1 is 1.64 bits per heavy atom. The topological polar surface area (TPSA) is 32.3 Å². The van der Waals surface area contributed by atoms with Crippen molar-refractivity contribution in [1.82, 2.24) is 5.32 Å². The van der Waals surface area contributed by atoms with E-state index in [1.54, 1.807) is 13.8 Å². The second-order valence-corrected chi connectivity index (χ2v) is 3.29. The molecule has 1 fully saturated rings. The molecule has 2 N–H and O–H groups in total. The number of nitrogens with one attached hydrogen (secondary N) is 1. The van der Waals surface area contributed by atoms with E-state index in [9.17, 15) is 8.78 Å². The molecule has 0 radical (unpaired) electrons. The second-order valence-electron chi connectivity index (χ2n) is 3.29. The Morgan fingerprint density at radius 2 is 2.18 bits per heavy atom. The summed E-state index contributed by atoms with van der Waals surface area (Å²) in [5.74, 6) is -2.97. The molecule has 1 aliphatic heterocycles. The Morgan fingerprint density at radius 3 is 2.36 bits per heavy atom. The van der Waals surface area contributed by atoms with Crippen molar-refractivity contribution in [3.63, 3.8) is 0 Å². The Hall–Kier alpha value is -0.220. The molecule has 0 aromatic carbocycles. The first-order valence-electron chi connectivity index (χ1n) is 3.73. The predicted molar refractivity (Wildman–Crippen MR) is 37.7 cm³/mol. The molecule has 0 spiro atoms. The van der Waals surface area contributed by atoms with Gasteiger partial charge in [0, 0.05) is 5.54 Å². The standard InChI is InChI=1S/C7H13F2NO/c1-3-6(2)5(11)7(8,9)4-10-6/h5,10-11H,3-4H2,1-2H3. The molecule has 1 rings (SSSR count). The van der Waals surface area contributed by atoms with E-state index in [1.807, 2.05) is 0 Å². The Kier molecular flexibility index (Phi) is 1.92. The van der Waals surface area contributed by atoms with E-state index in [-0.39, 0.29) is 0 Å². The van der Waals surface area contributed by atoms with Crippen molar-refractivity contribution < 1.29 is 13.9 Å². The molecular weight excluding hydrogens is 152 g/mol. The highest BCUT2D eigenvalue weighted by molar-refractivity contribution is 5.04. The number of alkyl halides is 2. The van der Waals surface area contributed by atoms with Crippen molar-refractivity contribution in [2.45, 2.75) is 37.8 Å². The van der Waals surface area contributed by atoms with E-state index in [1.165, 1.54) is 0 Å². The molecule has 11 heavy (non-hydrogen) atoms. The van der Waals surface area contributed by atoms with Crippen molar-refractivity contribution in [1.29, 1.82) is 0 Å². The van der Waals surface area contributed by atoms with Crippen LogP contribution in [0.2, 0.25) is 0 Å². The molecule has 2 unspecified atom stereocenters. The lowest BCUT2D eigenvalue weighted by molar-refractivity contribution is -0.0939. The Labute approximate surface area is 64.6 Å². The molecule has 4 heteroatoms. The molecule has 0 aromatic heterocycles. The minimum atomic E-state index is -2.97. The van der Waals surface area contributed by atoms with Crippen LogP contribution in [0.1, 0.15) is 20.3 Å². The molecule has 1 saturated heterocycles. The van der Waals surface area contributed by atoms with Crippen molar-refractivity contribution in [2.75, 3.05) is 6.54 Å². The minimum Gasteiger partial charge on any atom is -0.385 e. The van der Waals surface area contributed by atoms with Crippen molar-refractivity contribution in [3.05, 3.63) is 0 Å². The SMILES string of the molecule is CCC1(C)NCC(F)(F)C1O. The smallest absolute Gasteiger partial charge is 0.287 e. The normalized spacial score (nSPS) is 42.8. The van der Waals surface area contributed by atoms with E-state index >= 15 is 0 Å². The number of halogens is 2. The van der Waals surface area contributed by atoms with E-state index in [0.717, 1.165) is 0 Å². The van der Waals surface area contributed by atoms with Gasteiger partial charge in [0.15, 0.2) is 0 Å². The number of hydrogen-bond donors (Lipinski definition) is 2. The van der Waals surface area contributed by atoms with Gasteiger partial charge < -0.3 is 10.4 Å². The van der Waals surface area contributed by atoms with Crippen LogP contribution in [-0.4, -0.2) is 29.2 Å². The predicted octanol–water partition coefficient (Wildman–Crippen LogP) is 0.754. The van der Waals surface area contributed by atoms with E-state index < -0.39 is 24.1 Å². The Bertz CT molecular complexity index is 163. The van der Waals surface area contributed by atoms with Crippen LogP contribution in [-0.2, 0) is 0 Å². The summed E-state index contributed by atoms with van der Waals surface area (Å²) in [5.41, 5.74) is -0.816. The maximum atomic E-state index is 12.7. The average Bonchev–Trinajstić information content (AvgIpc) is 2.16. The highest BCUT2D eigenvalue weighted by Crippen LogP contribution is 2.34. The lowest BCUT2D eigenvalue weighted by Gasteiger charge is -2.27. The van der Waals surface area contributed by atoms with Gasteiger partial charge in [0.1, 0.15) is 6.10 Å². The van der Waals surface area contributed by atoms with Crippen LogP contribution in [0, 0.1) is 0 Å². The van der Waals surface area contributed by atoms with E-state index in [2.05, 4.69) is 5.32 Å². The van der Waals surface area contributed by atoms with Gasteiger partial charge in [-0.15, -0.1) is 0 Å². The fraction of sp³-hybridized carbons (Fsp3) is 1.00. The summed E-state index contributed by atoms with van der Waals surface area (Å²) >= 11 is 0. The van der Waals surface area contributed by atoms with Gasteiger partial charge in [0.05, 0.1) is 6.54 Å². The zero-order valence-electron chi connectivity index (χ0n) is 6.69. The molecule has 2 nitrogen and oxygen atoms in total. The second kappa shape index (κ2) is 2.38. The van der Waals surface area contributed by atoms with Crippen LogP contribution < -0.4 is 5.32 Å². The molecular formula is C7H13F2NO. The molecule has 0 saturated carbocycles. The lowest BCUT2D eigenvalue weighted by Crippen LogP contribution is -2.46. The van der Waals surface area contributed by atoms with E-state index in [0.29, 0.717) is 6.42 Å². The molecule has 0 aliphatic carbocycles. The van der Waals surface area contributed by atoms with Crippen molar-refractivity contribution in [3.8, 4) is 0 Å². The van der Waals surface area contributed by atoms with Crippen LogP contribution >= 0.6 is 0 Å². The van der Waals surface area contributed by atoms with Gasteiger partial charge in [-0.3, -0.25) is 0 Å². The van der Waals surface area contributed by atoms with Gasteiger partial charge in [-0.1, -0.05) is 6.92 Å². The summed E-state index contributed by atoms with van der Waals surface area (Å²) in [5, 5.41) is 11.8. The average molecular weight is 165 g/mol. The molecule has 0 amide bonds. The zero-order chi connectivity index (χ0) is 8.70. The number of hydrogen-bond acceptors (Lipinski definition) is 2. The maximum Gasteiger partial charge on any atom is 0.287 e. The molecule has 2 atom stereocenters.